The molecule has 2 aromatic rings. The van der Waals surface area contributed by atoms with E-state index in [-0.39, 0.29) is 11.2 Å². The monoisotopic (exact) mass is 432 g/mol. The summed E-state index contributed by atoms with van der Waals surface area (Å²) < 4.78 is 34.5. The normalized spacial score (nSPS) is 27.3. The second-order valence-corrected chi connectivity index (χ2v) is 10.1. The molecule has 4 heterocycles. The SMILES string of the molecule is O=S1(=O)CCN2C(=N1)C1(COc3ccc(-c4ncc(Cl)cn4)cc3)CCC2CC1. The molecule has 1 aliphatic carbocycles. The van der Waals surface area contributed by atoms with Gasteiger partial charge in [-0.15, -0.1) is 4.40 Å². The number of rotatable bonds is 4. The Morgan fingerprint density at radius 3 is 2.52 bits per heavy atom. The maximum atomic E-state index is 12.1. The fourth-order valence-corrected chi connectivity index (χ4v) is 5.77. The van der Waals surface area contributed by atoms with Crippen molar-refractivity contribution >= 4 is 27.5 Å². The van der Waals surface area contributed by atoms with Crippen molar-refractivity contribution in [3.05, 3.63) is 41.7 Å². The molecular formula is C20H21ClN4O3S. The number of benzene rings is 1. The summed E-state index contributed by atoms with van der Waals surface area (Å²) in [4.78, 5) is 10.7. The van der Waals surface area contributed by atoms with Crippen molar-refractivity contribution in [2.45, 2.75) is 31.7 Å². The number of aromatic nitrogens is 2. The number of amidine groups is 1. The number of sulfonamides is 1. The van der Waals surface area contributed by atoms with Crippen molar-refractivity contribution in [1.82, 2.24) is 14.9 Å². The van der Waals surface area contributed by atoms with Gasteiger partial charge in [0.25, 0.3) is 10.0 Å². The molecule has 6 rings (SSSR count). The Morgan fingerprint density at radius 2 is 1.83 bits per heavy atom. The van der Waals surface area contributed by atoms with E-state index in [1.165, 1.54) is 0 Å². The highest BCUT2D eigenvalue weighted by atomic mass is 35.5. The van der Waals surface area contributed by atoms with Gasteiger partial charge in [0.15, 0.2) is 5.82 Å². The lowest BCUT2D eigenvalue weighted by molar-refractivity contribution is 0.0657. The third kappa shape index (κ3) is 3.48. The van der Waals surface area contributed by atoms with Gasteiger partial charge in [0.2, 0.25) is 0 Å². The minimum absolute atomic E-state index is 0.109. The zero-order valence-corrected chi connectivity index (χ0v) is 17.4. The molecule has 2 bridgehead atoms. The van der Waals surface area contributed by atoms with Gasteiger partial charge >= 0.3 is 0 Å². The zero-order chi connectivity index (χ0) is 20.1. The molecule has 1 saturated carbocycles. The number of hydrogen-bond acceptors (Lipinski definition) is 6. The van der Waals surface area contributed by atoms with Gasteiger partial charge in [-0.25, -0.2) is 18.4 Å². The Balaban J connectivity index is 1.35. The average Bonchev–Trinajstić information content (AvgIpc) is 2.73. The third-order valence-corrected chi connectivity index (χ3v) is 7.51. The zero-order valence-electron chi connectivity index (χ0n) is 15.8. The van der Waals surface area contributed by atoms with E-state index in [0.717, 1.165) is 42.8 Å². The van der Waals surface area contributed by atoms with E-state index in [2.05, 4.69) is 19.3 Å². The minimum atomic E-state index is -3.37. The highest BCUT2D eigenvalue weighted by Gasteiger charge is 2.52. The van der Waals surface area contributed by atoms with Gasteiger partial charge < -0.3 is 9.64 Å². The topological polar surface area (TPSA) is 84.8 Å². The lowest BCUT2D eigenvalue weighted by atomic mass is 9.67. The highest BCUT2D eigenvalue weighted by molar-refractivity contribution is 7.90. The minimum Gasteiger partial charge on any atom is -0.493 e. The molecule has 0 amide bonds. The van der Waals surface area contributed by atoms with Crippen molar-refractivity contribution in [3.63, 3.8) is 0 Å². The molecule has 2 saturated heterocycles. The van der Waals surface area contributed by atoms with Crippen LogP contribution in [0.5, 0.6) is 5.75 Å². The molecule has 0 atom stereocenters. The maximum Gasteiger partial charge on any atom is 0.256 e. The van der Waals surface area contributed by atoms with Gasteiger partial charge in [-0.2, -0.15) is 0 Å². The predicted octanol–water partition coefficient (Wildman–Crippen LogP) is 3.16. The van der Waals surface area contributed by atoms with Crippen LogP contribution in [-0.2, 0) is 10.0 Å². The van der Waals surface area contributed by atoms with Crippen LogP contribution in [0.25, 0.3) is 11.4 Å². The first-order chi connectivity index (χ1) is 13.9. The number of nitrogens with zero attached hydrogens (tertiary/aromatic N) is 4. The van der Waals surface area contributed by atoms with Gasteiger partial charge in [-0.1, -0.05) is 11.6 Å². The molecule has 4 aliphatic rings. The predicted molar refractivity (Wildman–Crippen MR) is 111 cm³/mol. The second-order valence-electron chi connectivity index (χ2n) is 7.94. The summed E-state index contributed by atoms with van der Waals surface area (Å²) in [5.74, 6) is 2.16. The van der Waals surface area contributed by atoms with Crippen molar-refractivity contribution < 1.29 is 13.2 Å². The fraction of sp³-hybridized carbons (Fsp3) is 0.450. The summed E-state index contributed by atoms with van der Waals surface area (Å²) in [6.45, 7) is 0.977. The molecule has 0 unspecified atom stereocenters. The maximum absolute atomic E-state index is 12.1. The van der Waals surface area contributed by atoms with Gasteiger partial charge in [0, 0.05) is 30.5 Å². The number of ether oxygens (including phenoxy) is 1. The van der Waals surface area contributed by atoms with Gasteiger partial charge in [0.1, 0.15) is 18.2 Å². The van der Waals surface area contributed by atoms with Crippen LogP contribution in [-0.4, -0.2) is 54.1 Å². The van der Waals surface area contributed by atoms with E-state index in [9.17, 15) is 8.42 Å². The molecule has 0 radical (unpaired) electrons. The molecule has 9 heteroatoms. The highest BCUT2D eigenvalue weighted by Crippen LogP contribution is 2.47. The van der Waals surface area contributed by atoms with E-state index in [4.69, 9.17) is 16.3 Å². The van der Waals surface area contributed by atoms with Crippen LogP contribution in [0.4, 0.5) is 0 Å². The lowest BCUT2D eigenvalue weighted by Crippen LogP contribution is -2.62. The Hall–Kier alpha value is -2.19. The van der Waals surface area contributed by atoms with Crippen LogP contribution in [0, 0.1) is 5.41 Å². The molecule has 3 aliphatic heterocycles. The van der Waals surface area contributed by atoms with E-state index in [0.29, 0.717) is 30.0 Å². The number of piperidine rings is 2. The molecule has 7 nitrogen and oxygen atoms in total. The first-order valence-corrected chi connectivity index (χ1v) is 11.7. The quantitative estimate of drug-likeness (QED) is 0.737. The Morgan fingerprint density at radius 1 is 1.14 bits per heavy atom. The van der Waals surface area contributed by atoms with Crippen molar-refractivity contribution in [2.75, 3.05) is 18.9 Å². The van der Waals surface area contributed by atoms with Crippen LogP contribution in [0.3, 0.4) is 0 Å². The lowest BCUT2D eigenvalue weighted by Gasteiger charge is -2.54. The summed E-state index contributed by atoms with van der Waals surface area (Å²) in [7, 11) is -3.37. The summed E-state index contributed by atoms with van der Waals surface area (Å²) in [5, 5.41) is 0.497. The van der Waals surface area contributed by atoms with E-state index in [1.807, 2.05) is 24.3 Å². The summed E-state index contributed by atoms with van der Waals surface area (Å²) in [6, 6.07) is 8.00. The second kappa shape index (κ2) is 6.95. The molecular weight excluding hydrogens is 412 g/mol. The molecule has 29 heavy (non-hydrogen) atoms. The largest absolute Gasteiger partial charge is 0.493 e. The summed E-state index contributed by atoms with van der Waals surface area (Å²) >= 11 is 5.84. The van der Waals surface area contributed by atoms with Crippen LogP contribution in [0.1, 0.15) is 25.7 Å². The molecule has 152 valence electrons. The fourth-order valence-electron chi connectivity index (χ4n) is 4.59. The molecule has 0 spiro atoms. The molecule has 0 N–H and O–H groups in total. The third-order valence-electron chi connectivity index (χ3n) is 6.16. The van der Waals surface area contributed by atoms with Crippen molar-refractivity contribution in [1.29, 1.82) is 0 Å². The Bertz CT molecular complexity index is 1050. The molecule has 1 aromatic carbocycles. The Kier molecular flexibility index (Phi) is 4.51. The standard InChI is InChI=1S/C20H21ClN4O3S/c21-15-11-22-18(23-12-15)14-1-3-17(4-2-14)28-13-20-7-5-16(6-8-20)25-9-10-29(26,27)24-19(20)25/h1-4,11-12,16H,5-10,13H2. The molecule has 3 fully saturated rings. The van der Waals surface area contributed by atoms with E-state index >= 15 is 0 Å². The van der Waals surface area contributed by atoms with Gasteiger partial charge in [-0.05, 0) is 49.9 Å². The van der Waals surface area contributed by atoms with Crippen LogP contribution in [0.15, 0.2) is 41.1 Å². The van der Waals surface area contributed by atoms with Crippen LogP contribution in [0.2, 0.25) is 5.02 Å². The van der Waals surface area contributed by atoms with E-state index < -0.39 is 10.0 Å². The number of hydrogen-bond donors (Lipinski definition) is 0. The van der Waals surface area contributed by atoms with Gasteiger partial charge in [0.05, 0.1) is 16.2 Å². The van der Waals surface area contributed by atoms with Gasteiger partial charge in [-0.3, -0.25) is 0 Å². The summed E-state index contributed by atoms with van der Waals surface area (Å²) in [6.07, 6.45) is 7.10. The summed E-state index contributed by atoms with van der Waals surface area (Å²) in [5.41, 5.74) is 0.555. The van der Waals surface area contributed by atoms with E-state index in [1.54, 1.807) is 12.4 Å². The molecule has 1 aromatic heterocycles. The van der Waals surface area contributed by atoms with Crippen LogP contribution < -0.4 is 4.74 Å². The Labute approximate surface area is 174 Å². The van der Waals surface area contributed by atoms with Crippen molar-refractivity contribution in [3.8, 4) is 17.1 Å². The number of halogens is 1. The number of fused-ring (bicyclic) bond motifs is 2. The smallest absolute Gasteiger partial charge is 0.256 e. The van der Waals surface area contributed by atoms with Crippen LogP contribution >= 0.6 is 11.6 Å². The first kappa shape index (κ1) is 18.8. The first-order valence-electron chi connectivity index (χ1n) is 9.75. The average molecular weight is 433 g/mol. The van der Waals surface area contributed by atoms with Crippen molar-refractivity contribution in [2.24, 2.45) is 9.81 Å².